The van der Waals surface area contributed by atoms with Crippen LogP contribution in [0.5, 0.6) is 0 Å². The molecule has 1 aliphatic rings. The number of nitrogens with two attached hydrogens (primary N) is 1. The molecular formula is C12H13F4N. The van der Waals surface area contributed by atoms with Crippen molar-refractivity contribution in [3.8, 4) is 0 Å². The maximum absolute atomic E-state index is 13.6. The molecule has 1 aromatic carbocycles. The van der Waals surface area contributed by atoms with Crippen LogP contribution >= 0.6 is 0 Å². The minimum atomic E-state index is -1.79. The molecule has 2 N–H and O–H groups in total. The van der Waals surface area contributed by atoms with E-state index in [-0.39, 0.29) is 5.56 Å². The molecule has 0 saturated heterocycles. The van der Waals surface area contributed by atoms with Gasteiger partial charge in [-0.15, -0.1) is 0 Å². The summed E-state index contributed by atoms with van der Waals surface area (Å²) in [6, 6.07) is 0.680. The van der Waals surface area contributed by atoms with Gasteiger partial charge in [0.05, 0.1) is 0 Å². The number of hydrogen-bond donors (Lipinski definition) is 1. The van der Waals surface area contributed by atoms with E-state index in [1.807, 2.05) is 0 Å². The van der Waals surface area contributed by atoms with Crippen molar-refractivity contribution >= 4 is 0 Å². The molecule has 1 nitrogen and oxygen atoms in total. The Morgan fingerprint density at radius 2 is 1.47 bits per heavy atom. The van der Waals surface area contributed by atoms with Gasteiger partial charge >= 0.3 is 0 Å². The van der Waals surface area contributed by atoms with Crippen molar-refractivity contribution < 1.29 is 17.6 Å². The first-order valence-corrected chi connectivity index (χ1v) is 5.58. The summed E-state index contributed by atoms with van der Waals surface area (Å²) in [5.74, 6) is -6.33. The highest BCUT2D eigenvalue weighted by atomic mass is 19.2. The summed E-state index contributed by atoms with van der Waals surface area (Å²) in [4.78, 5) is 0. The van der Waals surface area contributed by atoms with Crippen LogP contribution in [0.2, 0.25) is 0 Å². The predicted octanol–water partition coefficient (Wildman–Crippen LogP) is 3.36. The van der Waals surface area contributed by atoms with Crippen LogP contribution in [0.3, 0.4) is 0 Å². The van der Waals surface area contributed by atoms with E-state index in [2.05, 4.69) is 0 Å². The van der Waals surface area contributed by atoms with E-state index < -0.39 is 28.8 Å². The number of halogens is 4. The molecule has 1 fully saturated rings. The summed E-state index contributed by atoms with van der Waals surface area (Å²) in [5, 5.41) is 0. The molecule has 0 aromatic heterocycles. The van der Waals surface area contributed by atoms with Crippen LogP contribution in [0, 0.1) is 23.3 Å². The molecule has 0 amide bonds. The highest BCUT2D eigenvalue weighted by Gasteiger charge is 2.35. The first-order chi connectivity index (χ1) is 7.96. The summed E-state index contributed by atoms with van der Waals surface area (Å²) in [5.41, 5.74) is 4.63. The second-order valence-corrected chi connectivity index (χ2v) is 4.56. The van der Waals surface area contributed by atoms with E-state index >= 15 is 0 Å². The Balaban J connectivity index is 2.51. The van der Waals surface area contributed by atoms with Crippen molar-refractivity contribution in [3.63, 3.8) is 0 Å². The van der Waals surface area contributed by atoms with Gasteiger partial charge in [0.15, 0.2) is 23.3 Å². The monoisotopic (exact) mass is 247 g/mol. The summed E-state index contributed by atoms with van der Waals surface area (Å²) in [6.07, 6.45) is 3.42. The number of rotatable bonds is 1. The van der Waals surface area contributed by atoms with Gasteiger partial charge < -0.3 is 5.73 Å². The average molecular weight is 247 g/mol. The molecule has 0 radical (unpaired) electrons. The van der Waals surface area contributed by atoms with Crippen LogP contribution in [-0.4, -0.2) is 0 Å². The first kappa shape index (κ1) is 12.4. The van der Waals surface area contributed by atoms with E-state index in [4.69, 9.17) is 5.73 Å². The Morgan fingerprint density at radius 3 is 2.06 bits per heavy atom. The summed E-state index contributed by atoms with van der Waals surface area (Å²) < 4.78 is 52.7. The van der Waals surface area contributed by atoms with Crippen molar-refractivity contribution in [3.05, 3.63) is 34.9 Å². The first-order valence-electron chi connectivity index (χ1n) is 5.58. The van der Waals surface area contributed by atoms with Crippen molar-refractivity contribution in [1.29, 1.82) is 0 Å². The molecule has 0 bridgehead atoms. The van der Waals surface area contributed by atoms with Crippen LogP contribution in [0.15, 0.2) is 6.07 Å². The summed E-state index contributed by atoms with van der Waals surface area (Å²) in [6.45, 7) is 0. The lowest BCUT2D eigenvalue weighted by Crippen LogP contribution is -2.40. The molecule has 0 atom stereocenters. The van der Waals surface area contributed by atoms with Crippen LogP contribution in [-0.2, 0) is 5.54 Å². The predicted molar refractivity (Wildman–Crippen MR) is 55.2 cm³/mol. The minimum absolute atomic E-state index is 0.256. The fraction of sp³-hybridized carbons (Fsp3) is 0.500. The molecule has 5 heteroatoms. The van der Waals surface area contributed by atoms with Gasteiger partial charge in [-0.1, -0.05) is 19.3 Å². The molecule has 17 heavy (non-hydrogen) atoms. The average Bonchev–Trinajstić information content (AvgIpc) is 2.32. The maximum Gasteiger partial charge on any atom is 0.197 e. The fourth-order valence-electron chi connectivity index (χ4n) is 2.39. The normalized spacial score (nSPS) is 19.4. The topological polar surface area (TPSA) is 26.0 Å². The Morgan fingerprint density at radius 1 is 0.882 bits per heavy atom. The van der Waals surface area contributed by atoms with Crippen molar-refractivity contribution in [2.75, 3.05) is 0 Å². The highest BCUT2D eigenvalue weighted by Crippen LogP contribution is 2.37. The van der Waals surface area contributed by atoms with Crippen LogP contribution in [0.25, 0.3) is 0 Å². The Kier molecular flexibility index (Phi) is 3.12. The van der Waals surface area contributed by atoms with E-state index in [1.165, 1.54) is 0 Å². The third kappa shape index (κ3) is 2.04. The smallest absolute Gasteiger partial charge is 0.197 e. The zero-order valence-corrected chi connectivity index (χ0v) is 9.20. The van der Waals surface area contributed by atoms with Gasteiger partial charge in [0.2, 0.25) is 0 Å². The van der Waals surface area contributed by atoms with Crippen LogP contribution in [0.4, 0.5) is 17.6 Å². The lowest BCUT2D eigenvalue weighted by atomic mass is 9.77. The van der Waals surface area contributed by atoms with Crippen molar-refractivity contribution in [2.24, 2.45) is 5.73 Å². The lowest BCUT2D eigenvalue weighted by molar-refractivity contribution is 0.283. The van der Waals surface area contributed by atoms with Gasteiger partial charge in [0, 0.05) is 11.1 Å². The second-order valence-electron chi connectivity index (χ2n) is 4.56. The van der Waals surface area contributed by atoms with Crippen LogP contribution < -0.4 is 5.73 Å². The van der Waals surface area contributed by atoms with Gasteiger partial charge in [0.1, 0.15) is 0 Å². The van der Waals surface area contributed by atoms with E-state index in [0.29, 0.717) is 18.9 Å². The molecule has 1 aliphatic carbocycles. The molecular weight excluding hydrogens is 234 g/mol. The zero-order chi connectivity index (χ0) is 12.6. The van der Waals surface area contributed by atoms with Crippen molar-refractivity contribution in [1.82, 2.24) is 0 Å². The molecule has 0 spiro atoms. The van der Waals surface area contributed by atoms with Gasteiger partial charge in [0.25, 0.3) is 0 Å². The molecule has 0 aliphatic heterocycles. The third-order valence-corrected chi connectivity index (χ3v) is 3.38. The van der Waals surface area contributed by atoms with Gasteiger partial charge in [-0.2, -0.15) is 0 Å². The maximum atomic E-state index is 13.6. The molecule has 0 unspecified atom stereocenters. The van der Waals surface area contributed by atoms with Gasteiger partial charge in [-0.3, -0.25) is 0 Å². The lowest BCUT2D eigenvalue weighted by Gasteiger charge is -2.34. The van der Waals surface area contributed by atoms with Crippen LogP contribution in [0.1, 0.15) is 37.7 Å². The van der Waals surface area contributed by atoms with E-state index in [1.54, 1.807) is 0 Å². The number of benzene rings is 1. The number of hydrogen-bond acceptors (Lipinski definition) is 1. The van der Waals surface area contributed by atoms with Crippen molar-refractivity contribution in [2.45, 2.75) is 37.6 Å². The summed E-state index contributed by atoms with van der Waals surface area (Å²) >= 11 is 0. The second kappa shape index (κ2) is 4.29. The Hall–Kier alpha value is -1.10. The largest absolute Gasteiger partial charge is 0.321 e. The highest BCUT2D eigenvalue weighted by molar-refractivity contribution is 5.29. The zero-order valence-electron chi connectivity index (χ0n) is 9.20. The SMILES string of the molecule is NC1(c2cc(F)c(F)c(F)c2F)CCCCC1. The molecule has 1 saturated carbocycles. The third-order valence-electron chi connectivity index (χ3n) is 3.38. The molecule has 94 valence electrons. The fourth-order valence-corrected chi connectivity index (χ4v) is 2.39. The van der Waals surface area contributed by atoms with E-state index in [9.17, 15) is 17.6 Å². The molecule has 1 aromatic rings. The molecule has 0 heterocycles. The Bertz CT molecular complexity index is 439. The Labute approximate surface area is 96.6 Å². The molecule has 2 rings (SSSR count). The summed E-state index contributed by atoms with van der Waals surface area (Å²) in [7, 11) is 0. The van der Waals surface area contributed by atoms with Gasteiger partial charge in [-0.05, 0) is 18.9 Å². The standard InChI is InChI=1S/C12H13F4N/c13-8-6-7(9(14)11(16)10(8)15)12(17)4-2-1-3-5-12/h6H,1-5,17H2. The van der Waals surface area contributed by atoms with Gasteiger partial charge in [-0.25, -0.2) is 17.6 Å². The quantitative estimate of drug-likeness (QED) is 0.459. The van der Waals surface area contributed by atoms with E-state index in [0.717, 1.165) is 19.3 Å². The minimum Gasteiger partial charge on any atom is -0.321 e.